The van der Waals surface area contributed by atoms with Crippen LogP contribution < -0.4 is 5.32 Å². The lowest BCUT2D eigenvalue weighted by atomic mass is 9.80. The zero-order chi connectivity index (χ0) is 22.9. The minimum absolute atomic E-state index is 0.0646. The number of hydrogen-bond acceptors (Lipinski definition) is 3. The lowest BCUT2D eigenvalue weighted by molar-refractivity contribution is -0.166. The van der Waals surface area contributed by atoms with E-state index in [2.05, 4.69) is 5.32 Å². The summed E-state index contributed by atoms with van der Waals surface area (Å²) in [4.78, 5) is 27.7. The third-order valence-electron chi connectivity index (χ3n) is 6.14. The smallest absolute Gasteiger partial charge is 0.350 e. The molecule has 1 N–H and O–H groups in total. The van der Waals surface area contributed by atoms with Crippen molar-refractivity contribution in [1.29, 1.82) is 0 Å². The maximum absolute atomic E-state index is 13.4. The Morgan fingerprint density at radius 2 is 1.69 bits per heavy atom. The van der Waals surface area contributed by atoms with Crippen LogP contribution in [0.15, 0.2) is 48.5 Å². The Morgan fingerprint density at radius 3 is 2.25 bits per heavy atom. The topological polar surface area (TPSA) is 49.4 Å². The molecule has 4 rings (SSSR count). The molecular formula is C23H22F4N2O2S. The first kappa shape index (κ1) is 22.6. The maximum atomic E-state index is 13.4. The van der Waals surface area contributed by atoms with Gasteiger partial charge in [0, 0.05) is 6.54 Å². The summed E-state index contributed by atoms with van der Waals surface area (Å²) in [5.74, 6) is 0.624. The van der Waals surface area contributed by atoms with Crippen molar-refractivity contribution in [3.8, 4) is 0 Å². The number of amides is 2. The van der Waals surface area contributed by atoms with Crippen molar-refractivity contribution < 1.29 is 27.2 Å². The number of carbonyl (C=O) groups excluding carboxylic acids is 2. The van der Waals surface area contributed by atoms with Crippen molar-refractivity contribution in [3.63, 3.8) is 0 Å². The minimum atomic E-state index is -4.42. The molecule has 170 valence electrons. The molecule has 2 amide bonds. The summed E-state index contributed by atoms with van der Waals surface area (Å²) in [5.41, 5.74) is -0.455. The SMILES string of the molecule is O=C1CC(c2ccc(F)cc2)N1C1(C(=O)NCc2ccc(C(F)(F)F)cc2)CCSCC1. The number of benzene rings is 2. The summed E-state index contributed by atoms with van der Waals surface area (Å²) in [5, 5.41) is 2.84. The van der Waals surface area contributed by atoms with Crippen molar-refractivity contribution in [2.45, 2.75) is 43.6 Å². The van der Waals surface area contributed by atoms with Gasteiger partial charge < -0.3 is 10.2 Å². The largest absolute Gasteiger partial charge is 0.416 e. The van der Waals surface area contributed by atoms with Crippen LogP contribution in [0.25, 0.3) is 0 Å². The van der Waals surface area contributed by atoms with E-state index in [1.54, 1.807) is 28.8 Å². The van der Waals surface area contributed by atoms with Gasteiger partial charge in [0.1, 0.15) is 11.4 Å². The second-order valence-corrected chi connectivity index (χ2v) is 9.28. The van der Waals surface area contributed by atoms with Crippen LogP contribution in [0.4, 0.5) is 17.6 Å². The highest BCUT2D eigenvalue weighted by Crippen LogP contribution is 2.46. The van der Waals surface area contributed by atoms with Gasteiger partial charge in [-0.05, 0) is 59.7 Å². The van der Waals surface area contributed by atoms with Crippen LogP contribution in [0.2, 0.25) is 0 Å². The van der Waals surface area contributed by atoms with Crippen LogP contribution in [0.5, 0.6) is 0 Å². The highest BCUT2D eigenvalue weighted by Gasteiger charge is 2.54. The van der Waals surface area contributed by atoms with E-state index < -0.39 is 17.3 Å². The number of hydrogen-bond donors (Lipinski definition) is 1. The molecule has 4 nitrogen and oxygen atoms in total. The van der Waals surface area contributed by atoms with Crippen molar-refractivity contribution >= 4 is 23.6 Å². The molecule has 1 unspecified atom stereocenters. The van der Waals surface area contributed by atoms with Crippen molar-refractivity contribution in [3.05, 3.63) is 71.0 Å². The zero-order valence-electron chi connectivity index (χ0n) is 17.1. The molecule has 1 atom stereocenters. The van der Waals surface area contributed by atoms with Crippen LogP contribution in [-0.4, -0.2) is 33.8 Å². The van der Waals surface area contributed by atoms with E-state index in [1.165, 1.54) is 24.3 Å². The third kappa shape index (κ3) is 4.35. The molecule has 9 heteroatoms. The molecule has 2 aromatic carbocycles. The Kier molecular flexibility index (Phi) is 6.20. The summed E-state index contributed by atoms with van der Waals surface area (Å²) in [7, 11) is 0. The molecule has 2 aliphatic rings. The Morgan fingerprint density at radius 1 is 1.06 bits per heavy atom. The predicted molar refractivity (Wildman–Crippen MR) is 113 cm³/mol. The van der Waals surface area contributed by atoms with Gasteiger partial charge in [-0.25, -0.2) is 4.39 Å². The lowest BCUT2D eigenvalue weighted by Gasteiger charge is -2.54. The monoisotopic (exact) mass is 466 g/mol. The lowest BCUT2D eigenvalue weighted by Crippen LogP contribution is -2.67. The molecule has 0 spiro atoms. The van der Waals surface area contributed by atoms with Crippen LogP contribution in [-0.2, 0) is 22.3 Å². The number of β-lactam (4-membered cyclic amide) rings is 1. The van der Waals surface area contributed by atoms with Gasteiger partial charge in [0.15, 0.2) is 0 Å². The molecule has 0 aromatic heterocycles. The Balaban J connectivity index is 1.52. The van der Waals surface area contributed by atoms with Gasteiger partial charge in [-0.15, -0.1) is 0 Å². The number of carbonyl (C=O) groups is 2. The average molecular weight is 467 g/mol. The van der Waals surface area contributed by atoms with Gasteiger partial charge in [0.05, 0.1) is 18.0 Å². The van der Waals surface area contributed by atoms with E-state index in [0.717, 1.165) is 17.7 Å². The summed E-state index contributed by atoms with van der Waals surface area (Å²) in [6.07, 6.45) is -3.19. The van der Waals surface area contributed by atoms with Gasteiger partial charge in [-0.2, -0.15) is 24.9 Å². The normalized spacial score (nSPS) is 20.6. The Hall–Kier alpha value is -2.55. The molecule has 2 saturated heterocycles. The van der Waals surface area contributed by atoms with E-state index in [-0.39, 0.29) is 36.6 Å². The first-order valence-electron chi connectivity index (χ1n) is 10.3. The molecule has 0 bridgehead atoms. The second kappa shape index (κ2) is 8.77. The number of alkyl halides is 3. The Bertz CT molecular complexity index is 987. The fraction of sp³-hybridized carbons (Fsp3) is 0.391. The van der Waals surface area contributed by atoms with Crippen LogP contribution >= 0.6 is 11.8 Å². The minimum Gasteiger partial charge on any atom is -0.350 e. The van der Waals surface area contributed by atoms with Crippen LogP contribution in [0.1, 0.15) is 42.0 Å². The number of halogens is 4. The van der Waals surface area contributed by atoms with Crippen LogP contribution in [0.3, 0.4) is 0 Å². The van der Waals surface area contributed by atoms with E-state index in [9.17, 15) is 27.2 Å². The van der Waals surface area contributed by atoms with Crippen molar-refractivity contribution in [1.82, 2.24) is 10.2 Å². The first-order chi connectivity index (χ1) is 15.2. The summed E-state index contributed by atoms with van der Waals surface area (Å²) in [6.45, 7) is 0.0646. The number of rotatable bonds is 5. The summed E-state index contributed by atoms with van der Waals surface area (Å²) >= 11 is 1.71. The van der Waals surface area contributed by atoms with Crippen molar-refractivity contribution in [2.24, 2.45) is 0 Å². The highest BCUT2D eigenvalue weighted by molar-refractivity contribution is 7.99. The standard InChI is InChI=1S/C23H22F4N2O2S/c24-18-7-3-16(4-8-18)19-13-20(30)29(19)22(9-11-32-12-10-22)21(31)28-14-15-1-5-17(6-2-15)23(25,26)27/h1-8,19H,9-14H2,(H,28,31). The van der Waals surface area contributed by atoms with Gasteiger partial charge in [0.25, 0.3) is 0 Å². The first-order valence-corrected chi connectivity index (χ1v) is 11.5. The fourth-order valence-electron chi connectivity index (χ4n) is 4.35. The third-order valence-corrected chi connectivity index (χ3v) is 7.13. The molecule has 0 aliphatic carbocycles. The van der Waals surface area contributed by atoms with E-state index in [1.807, 2.05) is 0 Å². The van der Waals surface area contributed by atoms with Gasteiger partial charge >= 0.3 is 6.18 Å². The quantitative estimate of drug-likeness (QED) is 0.513. The molecule has 2 heterocycles. The molecule has 0 radical (unpaired) electrons. The number of nitrogens with zero attached hydrogens (tertiary/aromatic N) is 1. The molecule has 0 saturated carbocycles. The molecule has 2 aliphatic heterocycles. The van der Waals surface area contributed by atoms with Crippen LogP contribution in [0, 0.1) is 5.82 Å². The molecular weight excluding hydrogens is 444 g/mol. The zero-order valence-corrected chi connectivity index (χ0v) is 17.9. The van der Waals surface area contributed by atoms with Gasteiger partial charge in [-0.1, -0.05) is 24.3 Å². The molecule has 2 aromatic rings. The van der Waals surface area contributed by atoms with Gasteiger partial charge in [-0.3, -0.25) is 9.59 Å². The molecule has 2 fully saturated rings. The Labute approximate surface area is 187 Å². The maximum Gasteiger partial charge on any atom is 0.416 e. The highest BCUT2D eigenvalue weighted by atomic mass is 32.2. The van der Waals surface area contributed by atoms with Gasteiger partial charge in [0.2, 0.25) is 11.8 Å². The molecule has 32 heavy (non-hydrogen) atoms. The number of nitrogens with one attached hydrogen (secondary N) is 1. The number of likely N-dealkylation sites (tertiary alicyclic amines) is 1. The van der Waals surface area contributed by atoms with E-state index in [4.69, 9.17) is 0 Å². The summed E-state index contributed by atoms with van der Waals surface area (Å²) < 4.78 is 51.6. The number of thioether (sulfide) groups is 1. The van der Waals surface area contributed by atoms with Crippen molar-refractivity contribution in [2.75, 3.05) is 11.5 Å². The van der Waals surface area contributed by atoms with E-state index in [0.29, 0.717) is 29.9 Å². The fourth-order valence-corrected chi connectivity index (χ4v) is 5.52. The predicted octanol–water partition coefficient (Wildman–Crippen LogP) is 4.70. The average Bonchev–Trinajstić information content (AvgIpc) is 2.76. The second-order valence-electron chi connectivity index (χ2n) is 8.06. The summed E-state index contributed by atoms with van der Waals surface area (Å²) in [6, 6.07) is 10.3. The van der Waals surface area contributed by atoms with E-state index >= 15 is 0 Å².